The van der Waals surface area contributed by atoms with Crippen LogP contribution in [0.4, 0.5) is 0 Å². The average Bonchev–Trinajstić information content (AvgIpc) is 2.81. The minimum Gasteiger partial charge on any atom is -0.407 e. The number of carbonyl (C=O) groups excluding carboxylic acids is 1. The van der Waals surface area contributed by atoms with Crippen molar-refractivity contribution in [3.05, 3.63) is 47.4 Å². The van der Waals surface area contributed by atoms with E-state index >= 15 is 0 Å². The SMILES string of the molecule is CC(=O)Oc1c(CC(C)C)nc2c3c(ncn12)-c1ccccc1CCC3. The van der Waals surface area contributed by atoms with E-state index in [-0.39, 0.29) is 5.97 Å². The zero-order valence-electron chi connectivity index (χ0n) is 15.5. The summed E-state index contributed by atoms with van der Waals surface area (Å²) >= 11 is 0. The summed E-state index contributed by atoms with van der Waals surface area (Å²) in [6.07, 6.45) is 5.51. The fourth-order valence-electron chi connectivity index (χ4n) is 3.74. The van der Waals surface area contributed by atoms with Crippen molar-refractivity contribution in [2.45, 2.75) is 46.5 Å². The standard InChI is InChI=1S/C21H23N3O2/c1-13(2)11-18-21(26-14(3)25)24-12-22-19-16-9-5-4-7-15(16)8-6-10-17(19)20(24)23-18/h4-5,7,9,12-13H,6,8,10-11H2,1-3H3. The summed E-state index contributed by atoms with van der Waals surface area (Å²) in [5.41, 5.74) is 6.34. The zero-order chi connectivity index (χ0) is 18.3. The monoisotopic (exact) mass is 349 g/mol. The number of aryl methyl sites for hydroxylation is 2. The fourth-order valence-corrected chi connectivity index (χ4v) is 3.74. The molecule has 0 spiro atoms. The lowest BCUT2D eigenvalue weighted by atomic mass is 10.0. The van der Waals surface area contributed by atoms with E-state index in [4.69, 9.17) is 14.7 Å². The Morgan fingerprint density at radius 1 is 1.27 bits per heavy atom. The number of nitrogens with zero attached hydrogens (tertiary/aromatic N) is 3. The van der Waals surface area contributed by atoms with E-state index in [0.717, 1.165) is 48.3 Å². The quantitative estimate of drug-likeness (QED) is 0.671. The first-order valence-corrected chi connectivity index (χ1v) is 9.20. The maximum Gasteiger partial charge on any atom is 0.309 e. The first-order valence-electron chi connectivity index (χ1n) is 9.20. The van der Waals surface area contributed by atoms with Crippen molar-refractivity contribution in [1.29, 1.82) is 0 Å². The molecule has 2 heterocycles. The topological polar surface area (TPSA) is 56.5 Å². The van der Waals surface area contributed by atoms with Gasteiger partial charge in [-0.05, 0) is 37.2 Å². The highest BCUT2D eigenvalue weighted by Crippen LogP contribution is 2.35. The van der Waals surface area contributed by atoms with Crippen molar-refractivity contribution < 1.29 is 9.53 Å². The molecule has 0 fully saturated rings. The number of hydrogen-bond acceptors (Lipinski definition) is 4. The fraction of sp³-hybridized carbons (Fsp3) is 0.381. The molecule has 1 aliphatic carbocycles. The molecule has 5 heteroatoms. The summed E-state index contributed by atoms with van der Waals surface area (Å²) in [5, 5.41) is 0. The van der Waals surface area contributed by atoms with Crippen LogP contribution in [0.3, 0.4) is 0 Å². The highest BCUT2D eigenvalue weighted by molar-refractivity contribution is 5.75. The van der Waals surface area contributed by atoms with Gasteiger partial charge in [0.25, 0.3) is 0 Å². The summed E-state index contributed by atoms with van der Waals surface area (Å²) in [4.78, 5) is 21.2. The van der Waals surface area contributed by atoms with Crippen LogP contribution in [0, 0.1) is 5.92 Å². The van der Waals surface area contributed by atoms with Gasteiger partial charge in [0, 0.05) is 18.1 Å². The first-order chi connectivity index (χ1) is 12.5. The Kier molecular flexibility index (Phi) is 4.23. The van der Waals surface area contributed by atoms with Crippen LogP contribution in [-0.4, -0.2) is 20.3 Å². The Balaban J connectivity index is 1.95. The molecule has 0 saturated heterocycles. The number of imidazole rings is 1. The number of rotatable bonds is 3. The Morgan fingerprint density at radius 3 is 2.85 bits per heavy atom. The van der Waals surface area contributed by atoms with Gasteiger partial charge in [0.15, 0.2) is 0 Å². The molecule has 0 radical (unpaired) electrons. The summed E-state index contributed by atoms with van der Waals surface area (Å²) in [7, 11) is 0. The lowest BCUT2D eigenvalue weighted by molar-refractivity contribution is -0.132. The zero-order valence-corrected chi connectivity index (χ0v) is 15.5. The number of fused-ring (bicyclic) bond motifs is 5. The Bertz CT molecular complexity index is 988. The van der Waals surface area contributed by atoms with Crippen LogP contribution >= 0.6 is 0 Å². The number of ether oxygens (including phenoxy) is 1. The van der Waals surface area contributed by atoms with E-state index in [1.165, 1.54) is 18.1 Å². The second-order valence-electron chi connectivity index (χ2n) is 7.33. The predicted octanol–water partition coefficient (Wildman–Crippen LogP) is 4.01. The molecule has 2 aromatic heterocycles. The van der Waals surface area contributed by atoms with E-state index < -0.39 is 0 Å². The summed E-state index contributed by atoms with van der Waals surface area (Å²) in [6, 6.07) is 8.45. The van der Waals surface area contributed by atoms with Gasteiger partial charge in [-0.15, -0.1) is 0 Å². The number of aromatic nitrogens is 3. The van der Waals surface area contributed by atoms with Crippen LogP contribution in [0.1, 0.15) is 44.0 Å². The third-order valence-corrected chi connectivity index (χ3v) is 4.78. The molecular formula is C21H23N3O2. The van der Waals surface area contributed by atoms with Crippen LogP contribution < -0.4 is 4.74 Å². The van der Waals surface area contributed by atoms with Crippen molar-refractivity contribution in [3.63, 3.8) is 0 Å². The van der Waals surface area contributed by atoms with Gasteiger partial charge in [0.05, 0.1) is 5.69 Å². The molecule has 5 nitrogen and oxygen atoms in total. The molecule has 1 aromatic carbocycles. The lowest BCUT2D eigenvalue weighted by Crippen LogP contribution is -2.07. The molecule has 0 unspecified atom stereocenters. The second-order valence-corrected chi connectivity index (χ2v) is 7.33. The van der Waals surface area contributed by atoms with Gasteiger partial charge in [0.2, 0.25) is 5.88 Å². The van der Waals surface area contributed by atoms with E-state index in [9.17, 15) is 4.79 Å². The van der Waals surface area contributed by atoms with Crippen molar-refractivity contribution in [3.8, 4) is 17.1 Å². The first kappa shape index (κ1) is 16.8. The molecule has 0 bridgehead atoms. The van der Waals surface area contributed by atoms with Crippen molar-refractivity contribution in [2.75, 3.05) is 0 Å². The molecule has 3 aromatic rings. The number of hydrogen-bond donors (Lipinski definition) is 0. The molecule has 1 aliphatic rings. The van der Waals surface area contributed by atoms with Crippen molar-refractivity contribution in [1.82, 2.24) is 14.4 Å². The third kappa shape index (κ3) is 2.87. The molecule has 0 saturated carbocycles. The van der Waals surface area contributed by atoms with Crippen LogP contribution in [0.5, 0.6) is 5.88 Å². The van der Waals surface area contributed by atoms with Crippen molar-refractivity contribution in [2.24, 2.45) is 5.92 Å². The van der Waals surface area contributed by atoms with Gasteiger partial charge in [-0.25, -0.2) is 9.97 Å². The van der Waals surface area contributed by atoms with Crippen LogP contribution in [-0.2, 0) is 24.1 Å². The van der Waals surface area contributed by atoms with E-state index in [0.29, 0.717) is 11.8 Å². The Labute approximate surface area is 153 Å². The highest BCUT2D eigenvalue weighted by atomic mass is 16.5. The molecule has 4 rings (SSSR count). The minimum absolute atomic E-state index is 0.336. The van der Waals surface area contributed by atoms with Gasteiger partial charge in [0.1, 0.15) is 17.7 Å². The highest BCUT2D eigenvalue weighted by Gasteiger charge is 2.23. The molecule has 0 amide bonds. The van der Waals surface area contributed by atoms with Crippen LogP contribution in [0.15, 0.2) is 30.6 Å². The maximum absolute atomic E-state index is 11.6. The average molecular weight is 349 g/mol. The number of carbonyl (C=O) groups is 1. The Hall–Kier alpha value is -2.69. The molecule has 134 valence electrons. The molecule has 26 heavy (non-hydrogen) atoms. The summed E-state index contributed by atoms with van der Waals surface area (Å²) in [6.45, 7) is 5.69. The molecular weight excluding hydrogens is 326 g/mol. The number of esters is 1. The van der Waals surface area contributed by atoms with Gasteiger partial charge in [-0.2, -0.15) is 0 Å². The third-order valence-electron chi connectivity index (χ3n) is 4.78. The maximum atomic E-state index is 11.6. The lowest BCUT2D eigenvalue weighted by Gasteiger charge is -2.10. The van der Waals surface area contributed by atoms with E-state index in [1.54, 1.807) is 6.33 Å². The Morgan fingerprint density at radius 2 is 2.08 bits per heavy atom. The van der Waals surface area contributed by atoms with Crippen LogP contribution in [0.25, 0.3) is 16.9 Å². The predicted molar refractivity (Wildman–Crippen MR) is 100 cm³/mol. The molecule has 0 atom stereocenters. The van der Waals surface area contributed by atoms with Gasteiger partial charge < -0.3 is 4.74 Å². The van der Waals surface area contributed by atoms with Gasteiger partial charge >= 0.3 is 5.97 Å². The number of benzene rings is 1. The largest absolute Gasteiger partial charge is 0.407 e. The van der Waals surface area contributed by atoms with Gasteiger partial charge in [-0.3, -0.25) is 9.20 Å². The minimum atomic E-state index is -0.336. The molecule has 0 N–H and O–H groups in total. The van der Waals surface area contributed by atoms with Gasteiger partial charge in [-0.1, -0.05) is 38.1 Å². The normalized spacial score (nSPS) is 13.4. The summed E-state index contributed by atoms with van der Waals surface area (Å²) < 4.78 is 7.35. The van der Waals surface area contributed by atoms with E-state index in [2.05, 4.69) is 38.1 Å². The molecule has 0 aliphatic heterocycles. The van der Waals surface area contributed by atoms with Crippen molar-refractivity contribution >= 4 is 11.6 Å². The smallest absolute Gasteiger partial charge is 0.309 e. The summed E-state index contributed by atoms with van der Waals surface area (Å²) in [5.74, 6) is 0.590. The second kappa shape index (κ2) is 6.56. The van der Waals surface area contributed by atoms with Crippen LogP contribution in [0.2, 0.25) is 0 Å². The van der Waals surface area contributed by atoms with E-state index in [1.807, 2.05) is 4.40 Å².